The highest BCUT2D eigenvalue weighted by Gasteiger charge is 2.07. The predicted molar refractivity (Wildman–Crippen MR) is 88.7 cm³/mol. The van der Waals surface area contributed by atoms with Crippen molar-refractivity contribution in [3.05, 3.63) is 0 Å². The van der Waals surface area contributed by atoms with Gasteiger partial charge in [-0.25, -0.2) is 0 Å². The van der Waals surface area contributed by atoms with Crippen LogP contribution in [0.15, 0.2) is 0 Å². The van der Waals surface area contributed by atoms with Gasteiger partial charge in [-0.15, -0.1) is 0 Å². The van der Waals surface area contributed by atoms with E-state index >= 15 is 0 Å². The summed E-state index contributed by atoms with van der Waals surface area (Å²) in [5.41, 5.74) is 0. The van der Waals surface area contributed by atoms with E-state index in [0.717, 1.165) is 11.8 Å². The maximum Gasteiger partial charge on any atom is -0.00463 e. The highest BCUT2D eigenvalue weighted by Crippen LogP contribution is 2.17. The first kappa shape index (κ1) is 19.0. The first-order valence-electron chi connectivity index (χ1n) is 8.99. The lowest BCUT2D eigenvalue weighted by Crippen LogP contribution is -2.21. The molecule has 0 bridgehead atoms. The molecule has 0 rings (SSSR count). The van der Waals surface area contributed by atoms with Gasteiger partial charge in [-0.2, -0.15) is 0 Å². The number of nitrogens with one attached hydrogen (secondary N) is 1. The topological polar surface area (TPSA) is 12.0 Å². The first-order chi connectivity index (χ1) is 9.28. The molecule has 0 aliphatic carbocycles. The van der Waals surface area contributed by atoms with E-state index in [-0.39, 0.29) is 0 Å². The molecular weight excluding hydrogens is 230 g/mol. The van der Waals surface area contributed by atoms with E-state index in [4.69, 9.17) is 0 Å². The molecule has 0 aliphatic rings. The highest BCUT2D eigenvalue weighted by molar-refractivity contribution is 4.62. The number of hydrogen-bond acceptors (Lipinski definition) is 1. The summed E-state index contributed by atoms with van der Waals surface area (Å²) < 4.78 is 0. The van der Waals surface area contributed by atoms with E-state index in [2.05, 4.69) is 33.0 Å². The lowest BCUT2D eigenvalue weighted by atomic mass is 9.95. The summed E-state index contributed by atoms with van der Waals surface area (Å²) >= 11 is 0. The van der Waals surface area contributed by atoms with Crippen LogP contribution in [0.5, 0.6) is 0 Å². The lowest BCUT2D eigenvalue weighted by molar-refractivity contribution is 0.385. The molecule has 0 amide bonds. The third kappa shape index (κ3) is 11.5. The van der Waals surface area contributed by atoms with Crippen LogP contribution in [0.25, 0.3) is 0 Å². The molecule has 0 fully saturated rings. The van der Waals surface area contributed by atoms with Crippen LogP contribution in [0.4, 0.5) is 0 Å². The van der Waals surface area contributed by atoms with Gasteiger partial charge in [0.25, 0.3) is 0 Å². The Balaban J connectivity index is 3.50. The average Bonchev–Trinajstić information content (AvgIpc) is 2.45. The van der Waals surface area contributed by atoms with Gasteiger partial charge in [0.15, 0.2) is 0 Å². The average molecular weight is 270 g/mol. The molecule has 1 nitrogen and oxygen atoms in total. The Morgan fingerprint density at radius 3 is 1.37 bits per heavy atom. The fourth-order valence-electron chi connectivity index (χ4n) is 2.83. The molecule has 19 heavy (non-hydrogen) atoms. The lowest BCUT2D eigenvalue weighted by Gasteiger charge is -2.17. The Labute approximate surface area is 122 Å². The molecule has 0 saturated carbocycles. The summed E-state index contributed by atoms with van der Waals surface area (Å²) in [7, 11) is 0. The fraction of sp³-hybridized carbons (Fsp3) is 1.00. The number of hydrogen-bond donors (Lipinski definition) is 1. The Kier molecular flexibility index (Phi) is 14.3. The highest BCUT2D eigenvalue weighted by atomic mass is 14.8. The van der Waals surface area contributed by atoms with Crippen LogP contribution in [-0.2, 0) is 0 Å². The normalized spacial score (nSPS) is 14.5. The second-order valence-electron chi connectivity index (χ2n) is 6.16. The zero-order valence-corrected chi connectivity index (χ0v) is 14.1. The van der Waals surface area contributed by atoms with Gasteiger partial charge in [-0.3, -0.25) is 0 Å². The quantitative estimate of drug-likeness (QED) is 0.394. The Morgan fingerprint density at radius 2 is 1.05 bits per heavy atom. The van der Waals surface area contributed by atoms with Crippen LogP contribution >= 0.6 is 0 Å². The zero-order valence-electron chi connectivity index (χ0n) is 14.1. The van der Waals surface area contributed by atoms with Crippen LogP contribution in [-0.4, -0.2) is 13.1 Å². The van der Waals surface area contributed by atoms with Crippen molar-refractivity contribution in [2.24, 2.45) is 11.8 Å². The standard InChI is InChI=1S/C18H39N/c1-5-9-11-17(7-3)13-15-19-16-14-18(8-4)12-10-6-2/h17-19H,5-16H2,1-4H3. The van der Waals surface area contributed by atoms with Crippen molar-refractivity contribution in [1.29, 1.82) is 0 Å². The van der Waals surface area contributed by atoms with Gasteiger partial charge < -0.3 is 5.32 Å². The number of rotatable bonds is 14. The third-order valence-corrected chi connectivity index (χ3v) is 4.55. The molecule has 0 spiro atoms. The molecule has 0 aromatic heterocycles. The monoisotopic (exact) mass is 269 g/mol. The Morgan fingerprint density at radius 1 is 0.632 bits per heavy atom. The SMILES string of the molecule is CCCCC(CC)CCNCCC(CC)CCCC. The molecule has 0 aromatic carbocycles. The second kappa shape index (κ2) is 14.4. The predicted octanol–water partition coefficient (Wildman–Crippen LogP) is 5.79. The summed E-state index contributed by atoms with van der Waals surface area (Å²) in [5.74, 6) is 1.91. The number of unbranched alkanes of at least 4 members (excludes halogenated alkanes) is 2. The molecular formula is C18H39N. The van der Waals surface area contributed by atoms with Crippen molar-refractivity contribution in [3.63, 3.8) is 0 Å². The van der Waals surface area contributed by atoms with Crippen LogP contribution in [0.2, 0.25) is 0 Å². The van der Waals surface area contributed by atoms with E-state index in [0.29, 0.717) is 0 Å². The van der Waals surface area contributed by atoms with Crippen LogP contribution in [0, 0.1) is 11.8 Å². The van der Waals surface area contributed by atoms with E-state index in [1.165, 1.54) is 77.3 Å². The largest absolute Gasteiger partial charge is 0.317 e. The molecule has 2 atom stereocenters. The molecule has 0 aromatic rings. The smallest absolute Gasteiger partial charge is 0.00463 e. The first-order valence-corrected chi connectivity index (χ1v) is 8.99. The van der Waals surface area contributed by atoms with Crippen LogP contribution in [0.1, 0.15) is 91.9 Å². The second-order valence-corrected chi connectivity index (χ2v) is 6.16. The fourth-order valence-corrected chi connectivity index (χ4v) is 2.83. The van der Waals surface area contributed by atoms with Crippen molar-refractivity contribution in [1.82, 2.24) is 5.32 Å². The van der Waals surface area contributed by atoms with Gasteiger partial charge in [-0.05, 0) is 37.8 Å². The molecule has 0 heterocycles. The van der Waals surface area contributed by atoms with Gasteiger partial charge in [0, 0.05) is 0 Å². The molecule has 0 radical (unpaired) electrons. The minimum Gasteiger partial charge on any atom is -0.317 e. The maximum atomic E-state index is 3.67. The summed E-state index contributed by atoms with van der Waals surface area (Å²) in [6, 6.07) is 0. The molecule has 1 heteroatoms. The van der Waals surface area contributed by atoms with Crippen LogP contribution in [0.3, 0.4) is 0 Å². The van der Waals surface area contributed by atoms with Crippen molar-refractivity contribution in [2.45, 2.75) is 91.9 Å². The van der Waals surface area contributed by atoms with E-state index in [1.54, 1.807) is 0 Å². The van der Waals surface area contributed by atoms with Crippen molar-refractivity contribution < 1.29 is 0 Å². The van der Waals surface area contributed by atoms with Crippen LogP contribution < -0.4 is 5.32 Å². The Hall–Kier alpha value is -0.0400. The minimum absolute atomic E-state index is 0.953. The van der Waals surface area contributed by atoms with Gasteiger partial charge in [0.05, 0.1) is 0 Å². The summed E-state index contributed by atoms with van der Waals surface area (Å²) in [5, 5.41) is 3.67. The van der Waals surface area contributed by atoms with Crippen molar-refractivity contribution >= 4 is 0 Å². The summed E-state index contributed by atoms with van der Waals surface area (Å²) in [6.07, 6.45) is 13.8. The third-order valence-electron chi connectivity index (χ3n) is 4.55. The molecule has 2 unspecified atom stereocenters. The summed E-state index contributed by atoms with van der Waals surface area (Å²) in [4.78, 5) is 0. The van der Waals surface area contributed by atoms with Gasteiger partial charge >= 0.3 is 0 Å². The molecule has 0 aliphatic heterocycles. The van der Waals surface area contributed by atoms with Gasteiger partial charge in [-0.1, -0.05) is 79.1 Å². The zero-order chi connectivity index (χ0) is 14.3. The van der Waals surface area contributed by atoms with E-state index < -0.39 is 0 Å². The summed E-state index contributed by atoms with van der Waals surface area (Å²) in [6.45, 7) is 11.7. The van der Waals surface area contributed by atoms with Gasteiger partial charge in [0.2, 0.25) is 0 Å². The van der Waals surface area contributed by atoms with Gasteiger partial charge in [0.1, 0.15) is 0 Å². The molecule has 116 valence electrons. The van der Waals surface area contributed by atoms with Crippen molar-refractivity contribution in [3.8, 4) is 0 Å². The van der Waals surface area contributed by atoms with Crippen molar-refractivity contribution in [2.75, 3.05) is 13.1 Å². The molecule has 0 saturated heterocycles. The maximum absolute atomic E-state index is 3.67. The van der Waals surface area contributed by atoms with E-state index in [1.807, 2.05) is 0 Å². The molecule has 1 N–H and O–H groups in total. The Bertz CT molecular complexity index is 149. The van der Waals surface area contributed by atoms with E-state index in [9.17, 15) is 0 Å². The minimum atomic E-state index is 0.953.